The first-order valence-electron chi connectivity index (χ1n) is 8.75. The Bertz CT molecular complexity index is 1120. The van der Waals surface area contributed by atoms with Gasteiger partial charge in [0.05, 0.1) is 11.2 Å². The van der Waals surface area contributed by atoms with Crippen LogP contribution in [0.4, 0.5) is 11.4 Å². The number of hydrogen-bond acceptors (Lipinski definition) is 5. The first-order valence-corrected chi connectivity index (χ1v) is 8.75. The van der Waals surface area contributed by atoms with E-state index in [-0.39, 0.29) is 0 Å². The van der Waals surface area contributed by atoms with Crippen LogP contribution in [0, 0.1) is 11.3 Å². The second-order valence-corrected chi connectivity index (χ2v) is 6.06. The zero-order chi connectivity index (χ0) is 18.6. The summed E-state index contributed by atoms with van der Waals surface area (Å²) in [6, 6.07) is 22.2. The number of rotatable bonds is 4. The summed E-state index contributed by atoms with van der Waals surface area (Å²) < 4.78 is 0. The van der Waals surface area contributed by atoms with E-state index in [1.165, 1.54) is 0 Å². The number of pyridine rings is 1. The maximum absolute atomic E-state index is 9.62. The van der Waals surface area contributed by atoms with Crippen molar-refractivity contribution in [2.24, 2.45) is 0 Å². The molecule has 4 aromatic rings. The maximum Gasteiger partial charge on any atom is 0.187 e. The van der Waals surface area contributed by atoms with Crippen molar-refractivity contribution in [3.05, 3.63) is 78.8 Å². The van der Waals surface area contributed by atoms with Gasteiger partial charge in [-0.25, -0.2) is 0 Å². The van der Waals surface area contributed by atoms with E-state index < -0.39 is 0 Å². The Morgan fingerprint density at radius 1 is 0.926 bits per heavy atom. The van der Waals surface area contributed by atoms with Crippen LogP contribution in [0.2, 0.25) is 0 Å². The number of benzene rings is 2. The fourth-order valence-corrected chi connectivity index (χ4v) is 3.24. The third-order valence-corrected chi connectivity index (χ3v) is 4.51. The normalized spacial score (nSPS) is 10.5. The van der Waals surface area contributed by atoms with E-state index in [9.17, 15) is 5.26 Å². The summed E-state index contributed by atoms with van der Waals surface area (Å²) in [7, 11) is 0. The molecule has 5 heteroatoms. The molecular weight excluding hydrogens is 334 g/mol. The Morgan fingerprint density at radius 3 is 2.41 bits per heavy atom. The molecule has 0 spiro atoms. The summed E-state index contributed by atoms with van der Waals surface area (Å²) in [5.74, 6) is 0. The molecule has 2 aromatic heterocycles. The number of fused-ring (bicyclic) bond motifs is 1. The molecule has 130 valence electrons. The lowest BCUT2D eigenvalue weighted by Crippen LogP contribution is -2.18. The number of nitriles is 1. The van der Waals surface area contributed by atoms with Gasteiger partial charge >= 0.3 is 0 Å². The second kappa shape index (κ2) is 7.22. The van der Waals surface area contributed by atoms with Gasteiger partial charge < -0.3 is 4.90 Å². The molecule has 0 bridgehead atoms. The fraction of sp³-hybridized carbons (Fsp3) is 0.0909. The molecule has 2 heterocycles. The Labute approximate surface area is 157 Å². The van der Waals surface area contributed by atoms with Gasteiger partial charge in [-0.2, -0.15) is 5.26 Å². The van der Waals surface area contributed by atoms with Crippen molar-refractivity contribution in [1.82, 2.24) is 15.2 Å². The van der Waals surface area contributed by atoms with E-state index in [1.54, 1.807) is 12.4 Å². The van der Waals surface area contributed by atoms with Crippen LogP contribution in [0.25, 0.3) is 22.0 Å². The van der Waals surface area contributed by atoms with Gasteiger partial charge in [-0.3, -0.25) is 4.98 Å². The van der Waals surface area contributed by atoms with Crippen LogP contribution in [-0.4, -0.2) is 21.7 Å². The van der Waals surface area contributed by atoms with Gasteiger partial charge in [0.25, 0.3) is 0 Å². The molecule has 0 saturated carbocycles. The van der Waals surface area contributed by atoms with Crippen molar-refractivity contribution in [2.45, 2.75) is 6.92 Å². The van der Waals surface area contributed by atoms with Crippen LogP contribution in [0.5, 0.6) is 0 Å². The molecule has 0 atom stereocenters. The standard InChI is InChI=1S/C22H17N5/c1-2-27(18-6-4-3-5-7-18)22-19-9-8-17(16-10-12-24-13-11-16)14-20(19)25-26-21(22)15-23/h3-14H,2H2,1H3. The van der Waals surface area contributed by atoms with E-state index in [2.05, 4.69) is 33.1 Å². The quantitative estimate of drug-likeness (QED) is 0.532. The van der Waals surface area contributed by atoms with Crippen molar-refractivity contribution >= 4 is 22.3 Å². The number of hydrogen-bond donors (Lipinski definition) is 0. The van der Waals surface area contributed by atoms with E-state index in [1.807, 2.05) is 60.7 Å². The molecule has 2 aromatic carbocycles. The minimum Gasteiger partial charge on any atom is -0.339 e. The van der Waals surface area contributed by atoms with E-state index in [0.29, 0.717) is 12.2 Å². The molecular formula is C22H17N5. The highest BCUT2D eigenvalue weighted by Gasteiger charge is 2.18. The average Bonchev–Trinajstić information content (AvgIpc) is 2.75. The van der Waals surface area contributed by atoms with Gasteiger partial charge in [0.1, 0.15) is 6.07 Å². The summed E-state index contributed by atoms with van der Waals surface area (Å²) >= 11 is 0. The first-order chi connectivity index (χ1) is 13.3. The fourth-order valence-electron chi connectivity index (χ4n) is 3.24. The van der Waals surface area contributed by atoms with E-state index in [0.717, 1.165) is 33.4 Å². The van der Waals surface area contributed by atoms with Crippen molar-refractivity contribution in [2.75, 3.05) is 11.4 Å². The van der Waals surface area contributed by atoms with Crippen LogP contribution in [-0.2, 0) is 0 Å². The van der Waals surface area contributed by atoms with Crippen LogP contribution >= 0.6 is 0 Å². The zero-order valence-corrected chi connectivity index (χ0v) is 14.9. The summed E-state index contributed by atoms with van der Waals surface area (Å²) in [4.78, 5) is 6.17. The van der Waals surface area contributed by atoms with Crippen molar-refractivity contribution in [1.29, 1.82) is 5.26 Å². The molecule has 0 aliphatic carbocycles. The van der Waals surface area contributed by atoms with Crippen LogP contribution in [0.3, 0.4) is 0 Å². The molecule has 0 fully saturated rings. The smallest absolute Gasteiger partial charge is 0.187 e. The highest BCUT2D eigenvalue weighted by molar-refractivity contribution is 5.97. The van der Waals surface area contributed by atoms with Crippen molar-refractivity contribution < 1.29 is 0 Å². The lowest BCUT2D eigenvalue weighted by Gasteiger charge is -2.25. The Balaban J connectivity index is 1.92. The van der Waals surface area contributed by atoms with Crippen molar-refractivity contribution in [3.8, 4) is 17.2 Å². The molecule has 0 unspecified atom stereocenters. The molecule has 5 nitrogen and oxygen atoms in total. The Kier molecular flexibility index (Phi) is 4.46. The molecule has 4 rings (SSSR count). The molecule has 0 aliphatic heterocycles. The molecule has 0 amide bonds. The van der Waals surface area contributed by atoms with Crippen LogP contribution in [0.15, 0.2) is 73.1 Å². The third-order valence-electron chi connectivity index (χ3n) is 4.51. The molecule has 0 saturated heterocycles. The molecule has 27 heavy (non-hydrogen) atoms. The van der Waals surface area contributed by atoms with Gasteiger partial charge in [0, 0.05) is 30.0 Å². The largest absolute Gasteiger partial charge is 0.339 e. The Morgan fingerprint density at radius 2 is 1.70 bits per heavy atom. The number of anilines is 2. The SMILES string of the molecule is CCN(c1ccccc1)c1c(C#N)nnc2cc(-c3ccncc3)ccc12. The lowest BCUT2D eigenvalue weighted by atomic mass is 10.0. The highest BCUT2D eigenvalue weighted by Crippen LogP contribution is 2.34. The van der Waals surface area contributed by atoms with E-state index >= 15 is 0 Å². The first kappa shape index (κ1) is 16.7. The lowest BCUT2D eigenvalue weighted by molar-refractivity contribution is 0.985. The molecule has 0 radical (unpaired) electrons. The van der Waals surface area contributed by atoms with Gasteiger partial charge in [0.15, 0.2) is 5.69 Å². The van der Waals surface area contributed by atoms with Crippen LogP contribution < -0.4 is 4.90 Å². The average molecular weight is 351 g/mol. The van der Waals surface area contributed by atoms with Gasteiger partial charge in [-0.1, -0.05) is 24.3 Å². The monoisotopic (exact) mass is 351 g/mol. The Hall–Kier alpha value is -3.78. The number of aromatic nitrogens is 3. The van der Waals surface area contributed by atoms with Gasteiger partial charge in [0.2, 0.25) is 0 Å². The number of para-hydroxylation sites is 1. The molecule has 0 N–H and O–H groups in total. The second-order valence-electron chi connectivity index (χ2n) is 6.06. The predicted octanol–water partition coefficient (Wildman–Crippen LogP) is 4.72. The summed E-state index contributed by atoms with van der Waals surface area (Å²) in [5.41, 5.74) is 4.99. The summed E-state index contributed by atoms with van der Waals surface area (Å²) in [5, 5.41) is 19.0. The number of nitrogens with zero attached hydrogens (tertiary/aromatic N) is 5. The maximum atomic E-state index is 9.62. The minimum atomic E-state index is 0.324. The summed E-state index contributed by atoms with van der Waals surface area (Å²) in [6.07, 6.45) is 3.53. The van der Waals surface area contributed by atoms with Crippen molar-refractivity contribution in [3.63, 3.8) is 0 Å². The van der Waals surface area contributed by atoms with Gasteiger partial charge in [-0.15, -0.1) is 10.2 Å². The zero-order valence-electron chi connectivity index (χ0n) is 14.9. The topological polar surface area (TPSA) is 65.7 Å². The molecule has 0 aliphatic rings. The third kappa shape index (κ3) is 3.09. The van der Waals surface area contributed by atoms with Gasteiger partial charge in [-0.05, 0) is 54.4 Å². The predicted molar refractivity (Wildman–Crippen MR) is 107 cm³/mol. The minimum absolute atomic E-state index is 0.324. The highest BCUT2D eigenvalue weighted by atomic mass is 15.2. The van der Waals surface area contributed by atoms with E-state index in [4.69, 9.17) is 0 Å². The summed E-state index contributed by atoms with van der Waals surface area (Å²) in [6.45, 7) is 2.78. The van der Waals surface area contributed by atoms with Crippen LogP contribution in [0.1, 0.15) is 12.6 Å².